The smallest absolute Gasteiger partial charge is 0.352 e. The van der Waals surface area contributed by atoms with E-state index in [1.54, 1.807) is 10.8 Å². The molecule has 0 saturated carbocycles. The predicted molar refractivity (Wildman–Crippen MR) is 74.2 cm³/mol. The molecule has 102 valence electrons. The first-order valence-electron chi connectivity index (χ1n) is 5.82. The molecule has 0 fully saturated rings. The van der Waals surface area contributed by atoms with E-state index in [9.17, 15) is 4.79 Å². The maximum atomic E-state index is 11.2. The quantitative estimate of drug-likeness (QED) is 0.868. The summed E-state index contributed by atoms with van der Waals surface area (Å²) in [6, 6.07) is 5.47. The van der Waals surface area contributed by atoms with Crippen molar-refractivity contribution in [2.24, 2.45) is 0 Å². The van der Waals surface area contributed by atoms with E-state index in [0.717, 1.165) is 15.6 Å². The molecule has 1 unspecified atom stereocenters. The number of allylic oxidation sites excluding steroid dienone is 1. The van der Waals surface area contributed by atoms with Crippen molar-refractivity contribution < 1.29 is 9.90 Å². The number of benzene rings is 1. The summed E-state index contributed by atoms with van der Waals surface area (Å²) in [4.78, 5) is 11.2. The molecule has 7 nitrogen and oxygen atoms in total. The summed E-state index contributed by atoms with van der Waals surface area (Å²) in [5, 5.41) is 23.1. The van der Waals surface area contributed by atoms with Crippen molar-refractivity contribution in [3.8, 4) is 0 Å². The van der Waals surface area contributed by atoms with Gasteiger partial charge in [0.15, 0.2) is 0 Å². The van der Waals surface area contributed by atoms with Crippen LogP contribution in [0, 0.1) is 6.92 Å². The van der Waals surface area contributed by atoms with Gasteiger partial charge in [-0.3, -0.25) is 0 Å². The largest absolute Gasteiger partial charge is 0.477 e. The molecule has 0 aliphatic carbocycles. The molecule has 2 N–H and O–H groups in total. The Hall–Kier alpha value is -2.22. The van der Waals surface area contributed by atoms with Crippen LogP contribution in [-0.2, 0) is 4.79 Å². The minimum Gasteiger partial charge on any atom is -0.477 e. The zero-order valence-electron chi connectivity index (χ0n) is 10.4. The van der Waals surface area contributed by atoms with Crippen molar-refractivity contribution in [2.45, 2.75) is 13.0 Å². The van der Waals surface area contributed by atoms with E-state index in [1.165, 1.54) is 0 Å². The molecule has 3 rings (SSSR count). The Morgan fingerprint density at radius 1 is 1.50 bits per heavy atom. The fourth-order valence-electron chi connectivity index (χ4n) is 2.01. The first-order chi connectivity index (χ1) is 9.56. The van der Waals surface area contributed by atoms with Crippen LogP contribution < -0.4 is 5.32 Å². The number of hydrogen-bond acceptors (Lipinski definition) is 5. The van der Waals surface area contributed by atoms with E-state index < -0.39 is 5.97 Å². The molecule has 1 aromatic carbocycles. The number of carboxylic acid groups (broad SMARTS) is 1. The van der Waals surface area contributed by atoms with Crippen LogP contribution in [0.3, 0.4) is 0 Å². The molecule has 0 spiro atoms. The molecular formula is C12H10BrN5O2. The summed E-state index contributed by atoms with van der Waals surface area (Å²) >= 11 is 3.47. The monoisotopic (exact) mass is 335 g/mol. The lowest BCUT2D eigenvalue weighted by molar-refractivity contribution is -0.132. The van der Waals surface area contributed by atoms with Gasteiger partial charge in [0.25, 0.3) is 0 Å². The van der Waals surface area contributed by atoms with E-state index in [4.69, 9.17) is 5.11 Å². The lowest BCUT2D eigenvalue weighted by Gasteiger charge is -2.21. The zero-order valence-corrected chi connectivity index (χ0v) is 12.0. The summed E-state index contributed by atoms with van der Waals surface area (Å²) in [6.07, 6.45) is 1.59. The van der Waals surface area contributed by atoms with E-state index in [1.807, 2.05) is 25.1 Å². The van der Waals surface area contributed by atoms with E-state index in [-0.39, 0.29) is 11.7 Å². The van der Waals surface area contributed by atoms with Crippen LogP contribution in [0.4, 0.5) is 5.95 Å². The average Bonchev–Trinajstić information content (AvgIpc) is 2.89. The van der Waals surface area contributed by atoms with Crippen LogP contribution in [0.5, 0.6) is 0 Å². The molecule has 2 heterocycles. The van der Waals surface area contributed by atoms with Gasteiger partial charge in [0.2, 0.25) is 5.95 Å². The first-order valence-corrected chi connectivity index (χ1v) is 6.61. The Morgan fingerprint density at radius 3 is 3.00 bits per heavy atom. The average molecular weight is 336 g/mol. The number of fused-ring (bicyclic) bond motifs is 1. The van der Waals surface area contributed by atoms with Gasteiger partial charge in [0, 0.05) is 4.47 Å². The van der Waals surface area contributed by atoms with Gasteiger partial charge in [-0.05, 0) is 40.6 Å². The topological polar surface area (TPSA) is 92.9 Å². The fourth-order valence-corrected chi connectivity index (χ4v) is 2.41. The van der Waals surface area contributed by atoms with Crippen molar-refractivity contribution in [2.75, 3.05) is 5.32 Å². The third-order valence-corrected chi connectivity index (χ3v) is 3.95. The molecule has 1 aliphatic heterocycles. The van der Waals surface area contributed by atoms with Gasteiger partial charge in [-0.15, -0.1) is 0 Å². The minimum atomic E-state index is -1.05. The number of aryl methyl sites for hydroxylation is 1. The number of carbonyl (C=O) groups is 1. The van der Waals surface area contributed by atoms with Crippen molar-refractivity contribution in [3.63, 3.8) is 0 Å². The Bertz CT molecular complexity index is 724. The van der Waals surface area contributed by atoms with Crippen LogP contribution in [0.25, 0.3) is 0 Å². The molecule has 8 heteroatoms. The highest BCUT2D eigenvalue weighted by Crippen LogP contribution is 2.30. The van der Waals surface area contributed by atoms with Crippen LogP contribution in [0.1, 0.15) is 17.2 Å². The van der Waals surface area contributed by atoms with Gasteiger partial charge in [0.1, 0.15) is 11.7 Å². The van der Waals surface area contributed by atoms with Crippen molar-refractivity contribution in [1.29, 1.82) is 0 Å². The third-order valence-electron chi connectivity index (χ3n) is 3.10. The highest BCUT2D eigenvalue weighted by Gasteiger charge is 2.26. The summed E-state index contributed by atoms with van der Waals surface area (Å²) in [5.74, 6) is -0.734. The number of halogens is 1. The van der Waals surface area contributed by atoms with Gasteiger partial charge in [-0.1, -0.05) is 33.2 Å². The van der Waals surface area contributed by atoms with Gasteiger partial charge in [-0.2, -0.15) is 4.68 Å². The Balaban J connectivity index is 2.11. The summed E-state index contributed by atoms with van der Waals surface area (Å²) in [6.45, 7) is 1.98. The number of aromatic nitrogens is 4. The highest BCUT2D eigenvalue weighted by atomic mass is 79.9. The molecule has 0 amide bonds. The highest BCUT2D eigenvalue weighted by molar-refractivity contribution is 9.10. The van der Waals surface area contributed by atoms with E-state index >= 15 is 0 Å². The maximum absolute atomic E-state index is 11.2. The standard InChI is InChI=1S/C12H10BrN5O2/c1-6-2-3-7(4-8(6)13)10-5-9(11(19)20)14-12-15-16-17-18(10)12/h2-5,10H,1H3,(H,19,20)(H,14,15,17). The Labute approximate surface area is 122 Å². The van der Waals surface area contributed by atoms with E-state index in [2.05, 4.69) is 36.8 Å². The maximum Gasteiger partial charge on any atom is 0.352 e. The number of rotatable bonds is 2. The molecule has 1 aromatic heterocycles. The number of hydrogen-bond donors (Lipinski definition) is 2. The van der Waals surface area contributed by atoms with Crippen LogP contribution in [0.15, 0.2) is 34.4 Å². The van der Waals surface area contributed by atoms with Crippen molar-refractivity contribution in [3.05, 3.63) is 45.6 Å². The summed E-state index contributed by atoms with van der Waals surface area (Å²) in [7, 11) is 0. The van der Waals surface area contributed by atoms with Crippen molar-refractivity contribution in [1.82, 2.24) is 20.2 Å². The normalized spacial score (nSPS) is 17.1. The molecule has 1 atom stereocenters. The van der Waals surface area contributed by atoms with E-state index in [0.29, 0.717) is 5.95 Å². The number of aliphatic carboxylic acids is 1. The minimum absolute atomic E-state index is 0.0639. The second-order valence-electron chi connectivity index (χ2n) is 4.41. The molecule has 2 aromatic rings. The molecule has 0 radical (unpaired) electrons. The molecule has 1 aliphatic rings. The number of nitrogens with one attached hydrogen (secondary N) is 1. The van der Waals surface area contributed by atoms with Gasteiger partial charge < -0.3 is 10.4 Å². The van der Waals surface area contributed by atoms with Gasteiger partial charge in [0.05, 0.1) is 0 Å². The lowest BCUT2D eigenvalue weighted by Crippen LogP contribution is -2.24. The molecular weight excluding hydrogens is 326 g/mol. The number of carboxylic acids is 1. The Morgan fingerprint density at radius 2 is 2.30 bits per heavy atom. The number of nitrogens with zero attached hydrogens (tertiary/aromatic N) is 4. The van der Waals surface area contributed by atoms with Crippen molar-refractivity contribution >= 4 is 27.8 Å². The molecule has 0 bridgehead atoms. The second-order valence-corrected chi connectivity index (χ2v) is 5.27. The SMILES string of the molecule is Cc1ccc(C2C=C(C(=O)O)Nc3nnnn32)cc1Br. The van der Waals surface area contributed by atoms with Crippen LogP contribution >= 0.6 is 15.9 Å². The molecule has 0 saturated heterocycles. The van der Waals surface area contributed by atoms with Crippen LogP contribution in [-0.4, -0.2) is 31.3 Å². The number of tetrazole rings is 1. The van der Waals surface area contributed by atoms with Gasteiger partial charge >= 0.3 is 5.97 Å². The summed E-state index contributed by atoms with van der Waals surface area (Å²) < 4.78 is 2.50. The first kappa shape index (κ1) is 12.8. The predicted octanol–water partition coefficient (Wildman–Crippen LogP) is 1.73. The zero-order chi connectivity index (χ0) is 14.3. The van der Waals surface area contributed by atoms with Crippen LogP contribution in [0.2, 0.25) is 0 Å². The second kappa shape index (κ2) is 4.71. The fraction of sp³-hybridized carbons (Fsp3) is 0.167. The third kappa shape index (κ3) is 2.07. The lowest BCUT2D eigenvalue weighted by atomic mass is 10.0. The summed E-state index contributed by atoms with van der Waals surface area (Å²) in [5.41, 5.74) is 2.06. The Kier molecular flexibility index (Phi) is 3.01. The molecule has 20 heavy (non-hydrogen) atoms. The number of anilines is 1. The van der Waals surface area contributed by atoms with Gasteiger partial charge in [-0.25, -0.2) is 4.79 Å².